The summed E-state index contributed by atoms with van der Waals surface area (Å²) >= 11 is 0. The number of piperazine rings is 1. The van der Waals surface area contributed by atoms with Gasteiger partial charge in [-0.2, -0.15) is 0 Å². The Hall–Kier alpha value is -2.08. The Morgan fingerprint density at radius 3 is 2.46 bits per heavy atom. The Morgan fingerprint density at radius 1 is 1.17 bits per heavy atom. The number of para-hydroxylation sites is 1. The largest absolute Gasteiger partial charge is 0.481 e. The number of rotatable bonds is 7. The van der Waals surface area contributed by atoms with Crippen LogP contribution in [-0.4, -0.2) is 67.0 Å². The maximum atomic E-state index is 12.5. The maximum Gasteiger partial charge on any atom is 0.263 e. The molecule has 1 aromatic rings. The minimum Gasteiger partial charge on any atom is -0.481 e. The second-order valence-corrected chi connectivity index (χ2v) is 6.02. The predicted molar refractivity (Wildman–Crippen MR) is 92.9 cm³/mol. The zero-order valence-corrected chi connectivity index (χ0v) is 14.5. The SMILES string of the molecule is CCCNC(=O)CN1CCN(C(=O)C(C)Oc2ccccc2)CC1. The molecular formula is C18H27N3O3. The van der Waals surface area contributed by atoms with Crippen LogP contribution in [0, 0.1) is 0 Å². The highest BCUT2D eigenvalue weighted by molar-refractivity contribution is 5.81. The van der Waals surface area contributed by atoms with Crippen LogP contribution in [0.15, 0.2) is 30.3 Å². The van der Waals surface area contributed by atoms with Crippen LogP contribution in [0.5, 0.6) is 5.75 Å². The van der Waals surface area contributed by atoms with Gasteiger partial charge in [-0.05, 0) is 25.5 Å². The lowest BCUT2D eigenvalue weighted by molar-refractivity contribution is -0.139. The molecule has 2 rings (SSSR count). The summed E-state index contributed by atoms with van der Waals surface area (Å²) in [4.78, 5) is 28.1. The highest BCUT2D eigenvalue weighted by Gasteiger charge is 2.26. The second-order valence-electron chi connectivity index (χ2n) is 6.02. The van der Waals surface area contributed by atoms with Gasteiger partial charge in [0.25, 0.3) is 5.91 Å². The summed E-state index contributed by atoms with van der Waals surface area (Å²) in [6.07, 6.45) is 0.430. The zero-order chi connectivity index (χ0) is 17.4. The van der Waals surface area contributed by atoms with E-state index in [4.69, 9.17) is 4.74 Å². The Balaban J connectivity index is 1.75. The van der Waals surface area contributed by atoms with Crippen LogP contribution in [0.1, 0.15) is 20.3 Å². The molecule has 0 bridgehead atoms. The lowest BCUT2D eigenvalue weighted by Gasteiger charge is -2.35. The van der Waals surface area contributed by atoms with Gasteiger partial charge >= 0.3 is 0 Å². The Bertz CT molecular complexity index is 528. The first-order valence-corrected chi connectivity index (χ1v) is 8.59. The Labute approximate surface area is 143 Å². The van der Waals surface area contributed by atoms with Crippen molar-refractivity contribution in [1.29, 1.82) is 0 Å². The van der Waals surface area contributed by atoms with Crippen LogP contribution in [0.4, 0.5) is 0 Å². The molecular weight excluding hydrogens is 306 g/mol. The van der Waals surface area contributed by atoms with E-state index >= 15 is 0 Å². The highest BCUT2D eigenvalue weighted by atomic mass is 16.5. The third-order valence-electron chi connectivity index (χ3n) is 4.03. The molecule has 0 spiro atoms. The monoisotopic (exact) mass is 333 g/mol. The normalized spacial score (nSPS) is 16.5. The van der Waals surface area contributed by atoms with Gasteiger partial charge in [-0.1, -0.05) is 25.1 Å². The zero-order valence-electron chi connectivity index (χ0n) is 14.5. The number of hydrogen-bond acceptors (Lipinski definition) is 4. The van der Waals surface area contributed by atoms with Gasteiger partial charge in [-0.3, -0.25) is 14.5 Å². The van der Waals surface area contributed by atoms with Crippen molar-refractivity contribution in [3.8, 4) is 5.75 Å². The topological polar surface area (TPSA) is 61.9 Å². The van der Waals surface area contributed by atoms with Crippen molar-refractivity contribution in [2.24, 2.45) is 0 Å². The molecule has 1 heterocycles. The molecule has 1 aliphatic rings. The minimum atomic E-state index is -0.508. The lowest BCUT2D eigenvalue weighted by atomic mass is 10.2. The van der Waals surface area contributed by atoms with Crippen molar-refractivity contribution in [2.45, 2.75) is 26.4 Å². The molecule has 0 saturated carbocycles. The van der Waals surface area contributed by atoms with E-state index in [2.05, 4.69) is 10.2 Å². The van der Waals surface area contributed by atoms with Gasteiger partial charge in [0.2, 0.25) is 5.91 Å². The number of benzene rings is 1. The summed E-state index contributed by atoms with van der Waals surface area (Å²) < 4.78 is 5.70. The van der Waals surface area contributed by atoms with Crippen LogP contribution in [-0.2, 0) is 9.59 Å². The predicted octanol–water partition coefficient (Wildman–Crippen LogP) is 1.12. The van der Waals surface area contributed by atoms with Crippen LogP contribution in [0.25, 0.3) is 0 Å². The first kappa shape index (κ1) is 18.3. The fraction of sp³-hybridized carbons (Fsp3) is 0.556. The van der Waals surface area contributed by atoms with Crippen LogP contribution < -0.4 is 10.1 Å². The molecule has 6 nitrogen and oxygen atoms in total. The fourth-order valence-electron chi connectivity index (χ4n) is 2.66. The second kappa shape index (κ2) is 9.27. The first-order chi connectivity index (χ1) is 11.6. The molecule has 1 aliphatic heterocycles. The third kappa shape index (κ3) is 5.53. The van der Waals surface area contributed by atoms with E-state index in [1.807, 2.05) is 42.2 Å². The Kier molecular flexibility index (Phi) is 7.06. The molecule has 2 amide bonds. The number of carbonyl (C=O) groups excluding carboxylic acids is 2. The highest BCUT2D eigenvalue weighted by Crippen LogP contribution is 2.13. The molecule has 1 saturated heterocycles. The van der Waals surface area contributed by atoms with E-state index in [1.54, 1.807) is 6.92 Å². The number of amides is 2. The average Bonchev–Trinajstić information content (AvgIpc) is 2.61. The van der Waals surface area contributed by atoms with E-state index in [9.17, 15) is 9.59 Å². The lowest BCUT2D eigenvalue weighted by Crippen LogP contribution is -2.53. The van der Waals surface area contributed by atoms with Gasteiger partial charge in [0.15, 0.2) is 6.10 Å². The van der Waals surface area contributed by atoms with Gasteiger partial charge in [-0.15, -0.1) is 0 Å². The molecule has 1 aromatic carbocycles. The molecule has 0 radical (unpaired) electrons. The summed E-state index contributed by atoms with van der Waals surface area (Å²) in [6, 6.07) is 9.37. The number of nitrogens with one attached hydrogen (secondary N) is 1. The standard InChI is InChI=1S/C18H27N3O3/c1-3-9-19-17(22)14-20-10-12-21(13-11-20)18(23)15(2)24-16-7-5-4-6-8-16/h4-8,15H,3,9-14H2,1-2H3,(H,19,22). The number of carbonyl (C=O) groups is 2. The van der Waals surface area contributed by atoms with Gasteiger partial charge < -0.3 is 15.0 Å². The molecule has 1 atom stereocenters. The number of hydrogen-bond donors (Lipinski definition) is 1. The van der Waals surface area contributed by atoms with E-state index in [0.29, 0.717) is 45.0 Å². The van der Waals surface area contributed by atoms with Crippen LogP contribution in [0.3, 0.4) is 0 Å². The van der Waals surface area contributed by atoms with Gasteiger partial charge in [0.1, 0.15) is 5.75 Å². The van der Waals surface area contributed by atoms with Crippen molar-refractivity contribution in [2.75, 3.05) is 39.3 Å². The number of ether oxygens (including phenoxy) is 1. The smallest absolute Gasteiger partial charge is 0.263 e. The van der Waals surface area contributed by atoms with Crippen molar-refractivity contribution in [3.05, 3.63) is 30.3 Å². The van der Waals surface area contributed by atoms with Gasteiger partial charge in [0.05, 0.1) is 6.54 Å². The molecule has 0 aromatic heterocycles. The van der Waals surface area contributed by atoms with E-state index in [-0.39, 0.29) is 11.8 Å². The summed E-state index contributed by atoms with van der Waals surface area (Å²) in [6.45, 7) is 7.60. The van der Waals surface area contributed by atoms with Gasteiger partial charge in [-0.25, -0.2) is 0 Å². The average molecular weight is 333 g/mol. The summed E-state index contributed by atoms with van der Waals surface area (Å²) in [5.41, 5.74) is 0. The molecule has 0 aliphatic carbocycles. The molecule has 132 valence electrons. The van der Waals surface area contributed by atoms with Crippen molar-refractivity contribution in [1.82, 2.24) is 15.1 Å². The third-order valence-corrected chi connectivity index (χ3v) is 4.03. The molecule has 6 heteroatoms. The van der Waals surface area contributed by atoms with Crippen LogP contribution in [0.2, 0.25) is 0 Å². The molecule has 1 N–H and O–H groups in total. The van der Waals surface area contributed by atoms with Crippen molar-refractivity contribution < 1.29 is 14.3 Å². The van der Waals surface area contributed by atoms with E-state index in [0.717, 1.165) is 6.42 Å². The van der Waals surface area contributed by atoms with Crippen LogP contribution >= 0.6 is 0 Å². The molecule has 24 heavy (non-hydrogen) atoms. The van der Waals surface area contributed by atoms with E-state index in [1.165, 1.54) is 0 Å². The first-order valence-electron chi connectivity index (χ1n) is 8.59. The quantitative estimate of drug-likeness (QED) is 0.812. The minimum absolute atomic E-state index is 0.00561. The Morgan fingerprint density at radius 2 is 1.83 bits per heavy atom. The summed E-state index contributed by atoms with van der Waals surface area (Å²) in [7, 11) is 0. The van der Waals surface area contributed by atoms with Gasteiger partial charge in [0, 0.05) is 32.7 Å². The van der Waals surface area contributed by atoms with Crippen molar-refractivity contribution in [3.63, 3.8) is 0 Å². The maximum absolute atomic E-state index is 12.5. The number of nitrogens with zero attached hydrogens (tertiary/aromatic N) is 2. The molecule has 1 fully saturated rings. The molecule has 1 unspecified atom stereocenters. The fourth-order valence-corrected chi connectivity index (χ4v) is 2.66. The van der Waals surface area contributed by atoms with E-state index < -0.39 is 6.10 Å². The van der Waals surface area contributed by atoms with Crippen molar-refractivity contribution >= 4 is 11.8 Å². The summed E-state index contributed by atoms with van der Waals surface area (Å²) in [5, 5.41) is 2.88. The summed E-state index contributed by atoms with van der Waals surface area (Å²) in [5.74, 6) is 0.746.